The van der Waals surface area contributed by atoms with Gasteiger partial charge in [-0.15, -0.1) is 0 Å². The fourth-order valence-electron chi connectivity index (χ4n) is 4.47. The molecule has 0 unspecified atom stereocenters. The summed E-state index contributed by atoms with van der Waals surface area (Å²) in [4.78, 5) is 25.5. The number of carbonyl (C=O) groups is 1. The molecule has 10 heteroatoms. The van der Waals surface area contributed by atoms with Crippen molar-refractivity contribution in [3.05, 3.63) is 10.2 Å². The van der Waals surface area contributed by atoms with Crippen LogP contribution in [0.25, 0.3) is 0 Å². The second-order valence-corrected chi connectivity index (χ2v) is 10.7. The molecule has 0 atom stereocenters. The number of halogens is 2. The van der Waals surface area contributed by atoms with Crippen molar-refractivity contribution in [1.82, 2.24) is 20.2 Å². The molecule has 1 amide bonds. The molecule has 0 aromatic carbocycles. The average Bonchev–Trinajstić information content (AvgIpc) is 2.75. The van der Waals surface area contributed by atoms with Gasteiger partial charge in [0.1, 0.15) is 10.6 Å². The van der Waals surface area contributed by atoms with Crippen LogP contribution in [-0.4, -0.2) is 71.9 Å². The summed E-state index contributed by atoms with van der Waals surface area (Å²) in [5.74, 6) is 1.95. The summed E-state index contributed by atoms with van der Waals surface area (Å²) < 4.78 is 5.38. The Balaban J connectivity index is 1.38. The van der Waals surface area contributed by atoms with Crippen LogP contribution >= 0.6 is 23.2 Å². The quantitative estimate of drug-likeness (QED) is 0.519. The first-order chi connectivity index (χ1) is 15.6. The molecule has 0 spiro atoms. The first kappa shape index (κ1) is 26.1. The molecule has 1 saturated carbocycles. The molecule has 3 rings (SSSR count). The molecule has 0 radical (unpaired) electrons. The Morgan fingerprint density at radius 1 is 1.09 bits per heavy atom. The van der Waals surface area contributed by atoms with E-state index in [1.54, 1.807) is 0 Å². The molecular formula is C23H38Cl2N6O2. The molecule has 1 saturated heterocycles. The first-order valence-corrected chi connectivity index (χ1v) is 12.8. The number of piperazine rings is 1. The van der Waals surface area contributed by atoms with E-state index in [1.165, 1.54) is 6.42 Å². The van der Waals surface area contributed by atoms with Gasteiger partial charge in [-0.2, -0.15) is 9.97 Å². The van der Waals surface area contributed by atoms with E-state index in [4.69, 9.17) is 27.9 Å². The minimum atomic E-state index is -0.453. The Kier molecular flexibility index (Phi) is 9.30. The summed E-state index contributed by atoms with van der Waals surface area (Å²) in [5, 5.41) is 6.85. The van der Waals surface area contributed by atoms with Gasteiger partial charge in [0.15, 0.2) is 11.0 Å². The van der Waals surface area contributed by atoms with Crippen molar-refractivity contribution in [1.29, 1.82) is 0 Å². The monoisotopic (exact) mass is 500 g/mol. The molecule has 8 nitrogen and oxygen atoms in total. The summed E-state index contributed by atoms with van der Waals surface area (Å²) in [6.45, 7) is 13.2. The predicted octanol–water partition coefficient (Wildman–Crippen LogP) is 4.81. The molecule has 1 aliphatic carbocycles. The highest BCUT2D eigenvalue weighted by Gasteiger charge is 2.26. The smallest absolute Gasteiger partial charge is 0.407 e. The Labute approximate surface area is 207 Å². The minimum Gasteiger partial charge on any atom is -0.444 e. The summed E-state index contributed by atoms with van der Waals surface area (Å²) in [6, 6.07) is 0.233. The number of aromatic nitrogens is 2. The minimum absolute atomic E-state index is 0.233. The number of carbonyl (C=O) groups excluding carboxylic acids is 1. The molecule has 2 fully saturated rings. The van der Waals surface area contributed by atoms with Crippen molar-refractivity contribution in [3.8, 4) is 0 Å². The van der Waals surface area contributed by atoms with Crippen LogP contribution in [0.3, 0.4) is 0 Å². The van der Waals surface area contributed by atoms with Crippen molar-refractivity contribution in [2.45, 2.75) is 71.4 Å². The van der Waals surface area contributed by atoms with Crippen LogP contribution < -0.4 is 15.5 Å². The second-order valence-electron chi connectivity index (χ2n) is 9.99. The van der Waals surface area contributed by atoms with E-state index in [9.17, 15) is 4.79 Å². The van der Waals surface area contributed by atoms with E-state index in [2.05, 4.69) is 30.4 Å². The number of amides is 1. The second kappa shape index (κ2) is 11.8. The summed E-state index contributed by atoms with van der Waals surface area (Å²) >= 11 is 12.6. The van der Waals surface area contributed by atoms with Gasteiger partial charge < -0.3 is 20.3 Å². The summed E-state index contributed by atoms with van der Waals surface area (Å²) in [5.41, 5.74) is -0.453. The van der Waals surface area contributed by atoms with Gasteiger partial charge in [-0.05, 0) is 72.3 Å². The Bertz CT molecular complexity index is 788. The van der Waals surface area contributed by atoms with E-state index in [1.807, 2.05) is 27.7 Å². The molecule has 2 N–H and O–H groups in total. The van der Waals surface area contributed by atoms with E-state index in [-0.39, 0.29) is 17.3 Å². The first-order valence-electron chi connectivity index (χ1n) is 12.1. The molecule has 33 heavy (non-hydrogen) atoms. The lowest BCUT2D eigenvalue weighted by Crippen LogP contribution is -2.47. The fraction of sp³-hybridized carbons (Fsp3) is 0.783. The summed E-state index contributed by atoms with van der Waals surface area (Å²) in [6.07, 6.45) is 5.26. The summed E-state index contributed by atoms with van der Waals surface area (Å²) in [7, 11) is 0. The van der Waals surface area contributed by atoms with Gasteiger partial charge in [0.25, 0.3) is 0 Å². The van der Waals surface area contributed by atoms with Crippen LogP contribution in [0.15, 0.2) is 0 Å². The third-order valence-electron chi connectivity index (χ3n) is 6.22. The molecule has 1 aromatic heterocycles. The lowest BCUT2D eigenvalue weighted by atomic mass is 9.84. The average molecular weight is 502 g/mol. The molecule has 1 aliphatic heterocycles. The highest BCUT2D eigenvalue weighted by Crippen LogP contribution is 2.32. The molecule has 2 aliphatic rings. The van der Waals surface area contributed by atoms with Crippen molar-refractivity contribution >= 4 is 41.1 Å². The number of rotatable bonds is 7. The molecule has 2 heterocycles. The van der Waals surface area contributed by atoms with Gasteiger partial charge in [0, 0.05) is 38.8 Å². The normalized spacial score (nSPS) is 22.2. The maximum absolute atomic E-state index is 12.0. The standard InChI is InChI=1S/C23H38Cl2N6O2/c1-5-26-21-28-19(25)18(24)20(29-21)31-14-12-30(13-15-31)11-10-16-6-8-17(9-7-16)27-22(32)33-23(2,3)4/h16-17H,5-15H2,1-4H3,(H,27,32)(H,26,28,29). The number of ether oxygens (including phenoxy) is 1. The van der Waals surface area contributed by atoms with E-state index in [0.717, 1.165) is 70.9 Å². The zero-order chi connectivity index (χ0) is 24.0. The number of hydrogen-bond acceptors (Lipinski definition) is 7. The van der Waals surface area contributed by atoms with Gasteiger partial charge >= 0.3 is 6.09 Å². The van der Waals surface area contributed by atoms with Gasteiger partial charge in [0.05, 0.1) is 0 Å². The number of nitrogens with one attached hydrogen (secondary N) is 2. The molecule has 186 valence electrons. The zero-order valence-electron chi connectivity index (χ0n) is 20.3. The third-order valence-corrected chi connectivity index (χ3v) is 6.94. The number of hydrogen-bond donors (Lipinski definition) is 2. The van der Waals surface area contributed by atoms with Crippen molar-refractivity contribution in [2.75, 3.05) is 49.5 Å². The maximum Gasteiger partial charge on any atom is 0.407 e. The zero-order valence-corrected chi connectivity index (χ0v) is 21.8. The van der Waals surface area contributed by atoms with Crippen LogP contribution in [0.2, 0.25) is 10.2 Å². The molecule has 1 aromatic rings. The van der Waals surface area contributed by atoms with Gasteiger partial charge in [-0.25, -0.2) is 4.79 Å². The predicted molar refractivity (Wildman–Crippen MR) is 135 cm³/mol. The van der Waals surface area contributed by atoms with Crippen LogP contribution in [0.1, 0.15) is 59.8 Å². The number of nitrogens with zero attached hydrogens (tertiary/aromatic N) is 4. The van der Waals surface area contributed by atoms with E-state index >= 15 is 0 Å². The Hall–Kier alpha value is -1.51. The maximum atomic E-state index is 12.0. The van der Waals surface area contributed by atoms with Crippen molar-refractivity contribution in [2.24, 2.45) is 5.92 Å². The van der Waals surface area contributed by atoms with Gasteiger partial charge in [-0.3, -0.25) is 4.90 Å². The third kappa shape index (κ3) is 8.04. The topological polar surface area (TPSA) is 82.6 Å². The SMILES string of the molecule is CCNc1nc(Cl)c(Cl)c(N2CCN(CCC3CCC(NC(=O)OC(C)(C)C)CC3)CC2)n1. The Morgan fingerprint density at radius 3 is 2.36 bits per heavy atom. The number of anilines is 2. The van der Waals surface area contributed by atoms with Gasteiger partial charge in [-0.1, -0.05) is 23.2 Å². The highest BCUT2D eigenvalue weighted by molar-refractivity contribution is 6.42. The van der Waals surface area contributed by atoms with E-state index in [0.29, 0.717) is 16.8 Å². The Morgan fingerprint density at radius 2 is 1.76 bits per heavy atom. The van der Waals surface area contributed by atoms with Gasteiger partial charge in [0.2, 0.25) is 5.95 Å². The van der Waals surface area contributed by atoms with Crippen LogP contribution in [0, 0.1) is 5.92 Å². The highest BCUT2D eigenvalue weighted by atomic mass is 35.5. The van der Waals surface area contributed by atoms with Crippen LogP contribution in [0.4, 0.5) is 16.6 Å². The molecule has 0 bridgehead atoms. The van der Waals surface area contributed by atoms with Crippen LogP contribution in [0.5, 0.6) is 0 Å². The van der Waals surface area contributed by atoms with Crippen molar-refractivity contribution in [3.63, 3.8) is 0 Å². The van der Waals surface area contributed by atoms with E-state index < -0.39 is 5.60 Å². The van der Waals surface area contributed by atoms with Crippen LogP contribution in [-0.2, 0) is 4.74 Å². The largest absolute Gasteiger partial charge is 0.444 e. The molecular weight excluding hydrogens is 463 g/mol. The lowest BCUT2D eigenvalue weighted by Gasteiger charge is -2.37. The van der Waals surface area contributed by atoms with Crippen molar-refractivity contribution < 1.29 is 9.53 Å². The lowest BCUT2D eigenvalue weighted by molar-refractivity contribution is 0.0486. The number of alkyl carbamates (subject to hydrolysis) is 1. The fourth-order valence-corrected chi connectivity index (χ4v) is 4.84.